The van der Waals surface area contributed by atoms with Crippen molar-refractivity contribution in [3.63, 3.8) is 0 Å². The third-order valence-corrected chi connectivity index (χ3v) is 4.07. The van der Waals surface area contributed by atoms with Gasteiger partial charge in [0, 0.05) is 17.1 Å². The van der Waals surface area contributed by atoms with Gasteiger partial charge in [-0.3, -0.25) is 14.4 Å². The van der Waals surface area contributed by atoms with Gasteiger partial charge in [0.25, 0.3) is 0 Å². The van der Waals surface area contributed by atoms with Crippen LogP contribution in [0.1, 0.15) is 24.0 Å². The molecule has 0 aliphatic carbocycles. The molecule has 142 valence electrons. The molecule has 0 saturated heterocycles. The Bertz CT molecular complexity index is 789. The Morgan fingerprint density at radius 3 is 2.15 bits per heavy atom. The van der Waals surface area contributed by atoms with Crippen molar-refractivity contribution in [2.75, 3.05) is 11.9 Å². The summed E-state index contributed by atoms with van der Waals surface area (Å²) in [5.41, 5.74) is 2.53. The molecule has 0 radical (unpaired) electrons. The summed E-state index contributed by atoms with van der Waals surface area (Å²) >= 11 is 5.84. The van der Waals surface area contributed by atoms with E-state index in [1.807, 2.05) is 24.3 Å². The number of halogens is 1. The molecular weight excluding hydrogens is 368 g/mol. The van der Waals surface area contributed by atoms with Gasteiger partial charge < -0.3 is 15.7 Å². The molecule has 2 amide bonds. The van der Waals surface area contributed by atoms with Crippen LogP contribution in [0.3, 0.4) is 0 Å². The van der Waals surface area contributed by atoms with E-state index in [4.69, 9.17) is 16.7 Å². The second-order valence-corrected chi connectivity index (χ2v) is 6.51. The third kappa shape index (κ3) is 7.92. The number of aryl methyl sites for hydroxylation is 1. The van der Waals surface area contributed by atoms with Crippen molar-refractivity contribution in [2.24, 2.45) is 0 Å². The maximum absolute atomic E-state index is 12.0. The first-order valence-electron chi connectivity index (χ1n) is 8.54. The van der Waals surface area contributed by atoms with Gasteiger partial charge in [-0.25, -0.2) is 0 Å². The first kappa shape index (κ1) is 20.5. The average molecular weight is 389 g/mol. The molecule has 0 saturated carbocycles. The van der Waals surface area contributed by atoms with Crippen LogP contribution in [0.5, 0.6) is 0 Å². The van der Waals surface area contributed by atoms with E-state index in [9.17, 15) is 14.4 Å². The van der Waals surface area contributed by atoms with Crippen LogP contribution in [-0.4, -0.2) is 29.4 Å². The molecule has 0 bridgehead atoms. The van der Waals surface area contributed by atoms with E-state index >= 15 is 0 Å². The lowest BCUT2D eigenvalue weighted by atomic mass is 10.1. The van der Waals surface area contributed by atoms with E-state index < -0.39 is 12.5 Å². The lowest BCUT2D eigenvalue weighted by molar-refractivity contribution is -0.137. The molecule has 0 spiro atoms. The molecule has 2 aromatic rings. The number of carbonyl (C=O) groups excluding carboxylic acids is 2. The van der Waals surface area contributed by atoms with Gasteiger partial charge in [-0.15, -0.1) is 0 Å². The highest BCUT2D eigenvalue weighted by Gasteiger charge is 2.07. The van der Waals surface area contributed by atoms with Crippen molar-refractivity contribution in [3.05, 3.63) is 64.7 Å². The summed E-state index contributed by atoms with van der Waals surface area (Å²) in [4.78, 5) is 34.0. The van der Waals surface area contributed by atoms with Crippen LogP contribution in [0.15, 0.2) is 48.5 Å². The van der Waals surface area contributed by atoms with Crippen LogP contribution in [0.25, 0.3) is 0 Å². The number of hydrogen-bond donors (Lipinski definition) is 3. The summed E-state index contributed by atoms with van der Waals surface area (Å²) in [5, 5.41) is 14.3. The number of anilines is 1. The maximum atomic E-state index is 12.0. The molecule has 7 heteroatoms. The SMILES string of the molecule is O=C(O)CNC(=O)Cc1ccc(NC(=O)CCCc2ccc(Cl)cc2)cc1. The van der Waals surface area contributed by atoms with Crippen molar-refractivity contribution in [1.29, 1.82) is 0 Å². The molecule has 27 heavy (non-hydrogen) atoms. The summed E-state index contributed by atoms with van der Waals surface area (Å²) in [6.07, 6.45) is 2.02. The number of carboxylic acids is 1. The molecule has 0 aromatic heterocycles. The number of carbonyl (C=O) groups is 3. The van der Waals surface area contributed by atoms with Gasteiger partial charge in [-0.1, -0.05) is 35.9 Å². The number of carboxylic acid groups (broad SMARTS) is 1. The highest BCUT2D eigenvalue weighted by atomic mass is 35.5. The van der Waals surface area contributed by atoms with Crippen molar-refractivity contribution in [2.45, 2.75) is 25.7 Å². The summed E-state index contributed by atoms with van der Waals surface area (Å²) in [7, 11) is 0. The Morgan fingerprint density at radius 1 is 0.889 bits per heavy atom. The summed E-state index contributed by atoms with van der Waals surface area (Å²) in [5.74, 6) is -1.52. The molecule has 2 aromatic carbocycles. The number of hydrogen-bond acceptors (Lipinski definition) is 3. The van der Waals surface area contributed by atoms with Gasteiger partial charge in [-0.05, 0) is 48.2 Å². The molecule has 0 aliphatic rings. The van der Waals surface area contributed by atoms with Gasteiger partial charge in [0.1, 0.15) is 6.54 Å². The second-order valence-electron chi connectivity index (χ2n) is 6.07. The number of rotatable bonds is 9. The predicted molar refractivity (Wildman–Crippen MR) is 104 cm³/mol. The van der Waals surface area contributed by atoms with Crippen LogP contribution in [0.4, 0.5) is 5.69 Å². The zero-order chi connectivity index (χ0) is 19.6. The smallest absolute Gasteiger partial charge is 0.322 e. The van der Waals surface area contributed by atoms with Gasteiger partial charge in [0.2, 0.25) is 11.8 Å². The maximum Gasteiger partial charge on any atom is 0.322 e. The lowest BCUT2D eigenvalue weighted by Crippen LogP contribution is -2.30. The van der Waals surface area contributed by atoms with E-state index in [-0.39, 0.29) is 18.2 Å². The van der Waals surface area contributed by atoms with E-state index in [1.54, 1.807) is 24.3 Å². The Kier molecular flexibility index (Phi) is 7.82. The Hall–Kier alpha value is -2.86. The fourth-order valence-electron chi connectivity index (χ4n) is 2.46. The third-order valence-electron chi connectivity index (χ3n) is 3.82. The largest absolute Gasteiger partial charge is 0.480 e. The standard InChI is InChI=1S/C20H21ClN2O4/c21-16-8-4-14(5-9-16)2-1-3-18(24)23-17-10-6-15(7-11-17)12-19(25)22-13-20(26)27/h4-11H,1-3,12-13H2,(H,22,25)(H,23,24)(H,26,27). The minimum Gasteiger partial charge on any atom is -0.480 e. The first-order chi connectivity index (χ1) is 12.9. The van der Waals surface area contributed by atoms with Crippen molar-refractivity contribution in [3.8, 4) is 0 Å². The average Bonchev–Trinajstić information content (AvgIpc) is 2.63. The number of amides is 2. The lowest BCUT2D eigenvalue weighted by Gasteiger charge is -2.07. The molecule has 6 nitrogen and oxygen atoms in total. The van der Waals surface area contributed by atoms with Crippen LogP contribution >= 0.6 is 11.6 Å². The van der Waals surface area contributed by atoms with E-state index in [2.05, 4.69) is 10.6 Å². The Balaban J connectivity index is 1.73. The summed E-state index contributed by atoms with van der Waals surface area (Å²) in [6.45, 7) is -0.400. The molecule has 0 fully saturated rings. The fraction of sp³-hybridized carbons (Fsp3) is 0.250. The zero-order valence-electron chi connectivity index (χ0n) is 14.7. The van der Waals surface area contributed by atoms with Crippen molar-refractivity contribution in [1.82, 2.24) is 5.32 Å². The van der Waals surface area contributed by atoms with Crippen molar-refractivity contribution >= 4 is 35.1 Å². The topological polar surface area (TPSA) is 95.5 Å². The molecule has 0 unspecified atom stereocenters. The molecule has 0 aliphatic heterocycles. The molecular formula is C20H21ClN2O4. The second kappa shape index (κ2) is 10.3. The summed E-state index contributed by atoms with van der Waals surface area (Å²) in [6, 6.07) is 14.5. The highest BCUT2D eigenvalue weighted by Crippen LogP contribution is 2.13. The van der Waals surface area contributed by atoms with Crippen LogP contribution in [0.2, 0.25) is 5.02 Å². The van der Waals surface area contributed by atoms with Crippen LogP contribution < -0.4 is 10.6 Å². The monoisotopic (exact) mass is 388 g/mol. The van der Waals surface area contributed by atoms with E-state index in [0.717, 1.165) is 24.0 Å². The van der Waals surface area contributed by atoms with Crippen LogP contribution in [0, 0.1) is 0 Å². The van der Waals surface area contributed by atoms with Crippen molar-refractivity contribution < 1.29 is 19.5 Å². The molecule has 0 atom stereocenters. The zero-order valence-corrected chi connectivity index (χ0v) is 15.5. The Morgan fingerprint density at radius 2 is 1.52 bits per heavy atom. The normalized spacial score (nSPS) is 10.3. The fourth-order valence-corrected chi connectivity index (χ4v) is 2.58. The minimum absolute atomic E-state index is 0.0732. The van der Waals surface area contributed by atoms with E-state index in [1.165, 1.54) is 0 Å². The van der Waals surface area contributed by atoms with Gasteiger partial charge in [0.05, 0.1) is 6.42 Å². The highest BCUT2D eigenvalue weighted by molar-refractivity contribution is 6.30. The predicted octanol–water partition coefficient (Wildman–Crippen LogP) is 3.04. The summed E-state index contributed by atoms with van der Waals surface area (Å²) < 4.78 is 0. The quantitative estimate of drug-likeness (QED) is 0.615. The first-order valence-corrected chi connectivity index (χ1v) is 8.92. The van der Waals surface area contributed by atoms with Crippen LogP contribution in [-0.2, 0) is 27.2 Å². The number of nitrogens with one attached hydrogen (secondary N) is 2. The molecule has 3 N–H and O–H groups in total. The molecule has 2 rings (SSSR count). The van der Waals surface area contributed by atoms with Gasteiger partial charge in [-0.2, -0.15) is 0 Å². The Labute approximate surface area is 162 Å². The minimum atomic E-state index is -1.09. The number of benzene rings is 2. The molecule has 0 heterocycles. The van der Waals surface area contributed by atoms with Gasteiger partial charge >= 0.3 is 5.97 Å². The van der Waals surface area contributed by atoms with Gasteiger partial charge in [0.15, 0.2) is 0 Å². The number of aliphatic carboxylic acids is 1. The van der Waals surface area contributed by atoms with E-state index in [0.29, 0.717) is 17.1 Å².